The third-order valence-corrected chi connectivity index (χ3v) is 3.68. The Morgan fingerprint density at radius 3 is 2.42 bits per heavy atom. The molecule has 126 valence electrons. The Labute approximate surface area is 140 Å². The molecule has 0 saturated heterocycles. The average molecular weight is 327 g/mol. The lowest BCUT2D eigenvalue weighted by Gasteiger charge is -2.21. The lowest BCUT2D eigenvalue weighted by atomic mass is 10.1. The summed E-state index contributed by atoms with van der Waals surface area (Å²) in [7, 11) is 0. The topological polar surface area (TPSA) is 96.5 Å². The molecular formula is C18H21N3O3. The number of imide groups is 1. The Hall–Kier alpha value is -2.73. The largest absolute Gasteiger partial charge is 0.383 e. The normalized spacial score (nSPS) is 11.7. The molecular weight excluding hydrogens is 306 g/mol. The highest BCUT2D eigenvalue weighted by molar-refractivity contribution is 5.95. The van der Waals surface area contributed by atoms with E-state index in [-0.39, 0.29) is 13.0 Å². The summed E-state index contributed by atoms with van der Waals surface area (Å²) >= 11 is 0. The Kier molecular flexibility index (Phi) is 6.45. The molecule has 0 bridgehead atoms. The minimum atomic E-state index is -1.26. The van der Waals surface area contributed by atoms with Gasteiger partial charge in [-0.05, 0) is 30.5 Å². The first kappa shape index (κ1) is 17.6. The zero-order valence-electron chi connectivity index (χ0n) is 13.3. The van der Waals surface area contributed by atoms with E-state index in [1.807, 2.05) is 36.4 Å². The molecule has 1 aromatic heterocycles. The molecule has 6 heteroatoms. The van der Waals surface area contributed by atoms with Gasteiger partial charge in [-0.1, -0.05) is 36.4 Å². The molecule has 0 saturated carbocycles. The fourth-order valence-electron chi connectivity index (χ4n) is 2.35. The van der Waals surface area contributed by atoms with E-state index in [0.29, 0.717) is 12.8 Å². The number of urea groups is 1. The first-order chi connectivity index (χ1) is 11.6. The third kappa shape index (κ3) is 5.17. The maximum absolute atomic E-state index is 12.3. The van der Waals surface area contributed by atoms with Gasteiger partial charge in [-0.15, -0.1) is 0 Å². The first-order valence-corrected chi connectivity index (χ1v) is 7.80. The smallest absolute Gasteiger partial charge is 0.321 e. The summed E-state index contributed by atoms with van der Waals surface area (Å²) in [4.78, 5) is 28.8. The Balaban J connectivity index is 1.91. The summed E-state index contributed by atoms with van der Waals surface area (Å²) in [6.07, 6.45) is 1.54. The van der Waals surface area contributed by atoms with Crippen molar-refractivity contribution in [1.29, 1.82) is 0 Å². The number of pyridine rings is 1. The average Bonchev–Trinajstić information content (AvgIpc) is 2.61. The van der Waals surface area contributed by atoms with Gasteiger partial charge >= 0.3 is 6.03 Å². The molecule has 0 aliphatic carbocycles. The number of carbonyl (C=O) groups excluding carboxylic acids is 2. The van der Waals surface area contributed by atoms with Crippen molar-refractivity contribution in [2.75, 3.05) is 6.54 Å². The van der Waals surface area contributed by atoms with Crippen LogP contribution in [0.4, 0.5) is 4.79 Å². The van der Waals surface area contributed by atoms with Crippen molar-refractivity contribution in [2.45, 2.75) is 25.4 Å². The summed E-state index contributed by atoms with van der Waals surface area (Å²) in [5, 5.41) is 10.1. The molecule has 24 heavy (non-hydrogen) atoms. The van der Waals surface area contributed by atoms with Crippen molar-refractivity contribution >= 4 is 11.9 Å². The monoisotopic (exact) mass is 327 g/mol. The van der Waals surface area contributed by atoms with Crippen molar-refractivity contribution < 1.29 is 14.7 Å². The molecule has 3 amide bonds. The Bertz CT molecular complexity index is 662. The minimum absolute atomic E-state index is 0.0909. The number of primary amides is 1. The minimum Gasteiger partial charge on any atom is -0.383 e. The van der Waals surface area contributed by atoms with Gasteiger partial charge in [-0.25, -0.2) is 4.79 Å². The van der Waals surface area contributed by atoms with E-state index in [2.05, 4.69) is 4.98 Å². The lowest BCUT2D eigenvalue weighted by molar-refractivity contribution is -0.137. The van der Waals surface area contributed by atoms with Gasteiger partial charge in [0.25, 0.3) is 5.91 Å². The molecule has 0 aliphatic rings. The van der Waals surface area contributed by atoms with Gasteiger partial charge in [-0.3, -0.25) is 14.7 Å². The van der Waals surface area contributed by atoms with Crippen molar-refractivity contribution in [1.82, 2.24) is 9.88 Å². The number of nitrogens with zero attached hydrogens (tertiary/aromatic N) is 2. The third-order valence-electron chi connectivity index (χ3n) is 3.68. The van der Waals surface area contributed by atoms with Crippen LogP contribution in [0.25, 0.3) is 0 Å². The fourth-order valence-corrected chi connectivity index (χ4v) is 2.35. The number of aryl methyl sites for hydroxylation is 1. The van der Waals surface area contributed by atoms with E-state index in [9.17, 15) is 14.7 Å². The lowest BCUT2D eigenvalue weighted by Crippen LogP contribution is -2.47. The van der Waals surface area contributed by atoms with Crippen molar-refractivity contribution in [3.05, 3.63) is 66.0 Å². The van der Waals surface area contributed by atoms with E-state index in [0.717, 1.165) is 16.2 Å². The molecule has 6 nitrogen and oxygen atoms in total. The van der Waals surface area contributed by atoms with Crippen molar-refractivity contribution in [2.24, 2.45) is 5.73 Å². The Morgan fingerprint density at radius 2 is 1.79 bits per heavy atom. The highest BCUT2D eigenvalue weighted by Gasteiger charge is 2.25. The first-order valence-electron chi connectivity index (χ1n) is 7.80. The van der Waals surface area contributed by atoms with Gasteiger partial charge in [0, 0.05) is 24.9 Å². The molecule has 1 atom stereocenters. The van der Waals surface area contributed by atoms with Crippen LogP contribution >= 0.6 is 0 Å². The van der Waals surface area contributed by atoms with Gasteiger partial charge in [0.15, 0.2) is 0 Å². The molecule has 0 radical (unpaired) electrons. The number of aliphatic hydroxyl groups excluding tert-OH is 1. The predicted octanol–water partition coefficient (Wildman–Crippen LogP) is 1.53. The van der Waals surface area contributed by atoms with Crippen LogP contribution in [0.2, 0.25) is 0 Å². The maximum atomic E-state index is 12.3. The van der Waals surface area contributed by atoms with Crippen LogP contribution in [0, 0.1) is 0 Å². The number of nitrogens with two attached hydrogens (primary N) is 1. The van der Waals surface area contributed by atoms with Gasteiger partial charge < -0.3 is 10.8 Å². The number of aliphatic hydroxyl groups is 1. The second-order valence-corrected chi connectivity index (χ2v) is 5.44. The summed E-state index contributed by atoms with van der Waals surface area (Å²) in [5.74, 6) is -0.672. The van der Waals surface area contributed by atoms with E-state index < -0.39 is 18.0 Å². The second kappa shape index (κ2) is 8.79. The van der Waals surface area contributed by atoms with Crippen LogP contribution < -0.4 is 5.73 Å². The van der Waals surface area contributed by atoms with E-state index in [1.165, 1.54) is 0 Å². The molecule has 0 spiro atoms. The van der Waals surface area contributed by atoms with Crippen molar-refractivity contribution in [3.63, 3.8) is 0 Å². The fraction of sp³-hybridized carbons (Fsp3) is 0.278. The molecule has 1 aromatic carbocycles. The standard InChI is InChI=1S/C18H21N3O3/c19-18(24)21(13-11-15-8-4-5-12-20-15)17(23)16(22)10-9-14-6-2-1-3-7-14/h1-8,12,16,22H,9-11,13H2,(H2,19,24)/t16-/m0/s1. The molecule has 1 heterocycles. The molecule has 3 N–H and O–H groups in total. The highest BCUT2D eigenvalue weighted by Crippen LogP contribution is 2.08. The zero-order chi connectivity index (χ0) is 17.4. The van der Waals surface area contributed by atoms with Gasteiger partial charge in [0.05, 0.1) is 0 Å². The number of rotatable bonds is 7. The second-order valence-electron chi connectivity index (χ2n) is 5.44. The summed E-state index contributed by atoms with van der Waals surface area (Å²) < 4.78 is 0. The Morgan fingerprint density at radius 1 is 1.08 bits per heavy atom. The SMILES string of the molecule is NC(=O)N(CCc1ccccn1)C(=O)[C@@H](O)CCc1ccccc1. The van der Waals surface area contributed by atoms with Crippen LogP contribution in [0.5, 0.6) is 0 Å². The van der Waals surface area contributed by atoms with Crippen LogP contribution in [0.3, 0.4) is 0 Å². The highest BCUT2D eigenvalue weighted by atomic mass is 16.3. The number of hydrogen-bond donors (Lipinski definition) is 2. The van der Waals surface area contributed by atoms with Gasteiger partial charge in [-0.2, -0.15) is 0 Å². The van der Waals surface area contributed by atoms with Crippen LogP contribution in [-0.4, -0.2) is 39.6 Å². The van der Waals surface area contributed by atoms with E-state index in [1.54, 1.807) is 18.3 Å². The molecule has 0 aliphatic heterocycles. The molecule has 0 fully saturated rings. The van der Waals surface area contributed by atoms with Crippen LogP contribution in [0.15, 0.2) is 54.7 Å². The van der Waals surface area contributed by atoms with Crippen LogP contribution in [0.1, 0.15) is 17.7 Å². The number of benzene rings is 1. The summed E-state index contributed by atoms with van der Waals surface area (Å²) in [6.45, 7) is 0.0909. The van der Waals surface area contributed by atoms with E-state index >= 15 is 0 Å². The van der Waals surface area contributed by atoms with Gasteiger partial charge in [0.2, 0.25) is 0 Å². The molecule has 0 unspecified atom stereocenters. The van der Waals surface area contributed by atoms with Crippen LogP contribution in [-0.2, 0) is 17.6 Å². The zero-order valence-corrected chi connectivity index (χ0v) is 13.3. The summed E-state index contributed by atoms with van der Waals surface area (Å²) in [6, 6.07) is 14.1. The predicted molar refractivity (Wildman–Crippen MR) is 90.0 cm³/mol. The maximum Gasteiger partial charge on any atom is 0.321 e. The number of amides is 3. The van der Waals surface area contributed by atoms with Gasteiger partial charge in [0.1, 0.15) is 6.10 Å². The quantitative estimate of drug-likeness (QED) is 0.806. The number of aromatic nitrogens is 1. The van der Waals surface area contributed by atoms with Crippen molar-refractivity contribution in [3.8, 4) is 0 Å². The molecule has 2 rings (SSSR count). The van der Waals surface area contributed by atoms with E-state index in [4.69, 9.17) is 5.73 Å². The summed E-state index contributed by atoms with van der Waals surface area (Å²) in [5.41, 5.74) is 7.04. The number of hydrogen-bond acceptors (Lipinski definition) is 4. The molecule has 2 aromatic rings. The number of carbonyl (C=O) groups is 2.